The van der Waals surface area contributed by atoms with E-state index in [0.29, 0.717) is 59.7 Å². The first-order valence-electron chi connectivity index (χ1n) is 19.4. The van der Waals surface area contributed by atoms with Gasteiger partial charge in [0.25, 0.3) is 0 Å². The number of alkyl halides is 6. The van der Waals surface area contributed by atoms with Gasteiger partial charge in [0.2, 0.25) is 11.5 Å². The number of halogens is 7. The van der Waals surface area contributed by atoms with Gasteiger partial charge in [0.05, 0.1) is 17.3 Å². The highest BCUT2D eigenvalue weighted by Crippen LogP contribution is 2.30. The Bertz CT molecular complexity index is 2460. The van der Waals surface area contributed by atoms with E-state index in [1.807, 2.05) is 60.7 Å². The molecule has 1 atom stereocenters. The summed E-state index contributed by atoms with van der Waals surface area (Å²) in [5.74, 6) is -5.71. The van der Waals surface area contributed by atoms with Crippen molar-refractivity contribution in [2.75, 3.05) is 36.8 Å². The van der Waals surface area contributed by atoms with Gasteiger partial charge in [-0.2, -0.15) is 26.3 Å². The van der Waals surface area contributed by atoms with Crippen molar-refractivity contribution in [1.82, 2.24) is 15.2 Å². The number of aliphatic carboxylic acids is 2. The molecule has 65 heavy (non-hydrogen) atoms. The van der Waals surface area contributed by atoms with Crippen molar-refractivity contribution in [3.8, 4) is 16.9 Å². The molecule has 1 aliphatic rings. The number of amides is 2. The molecule has 1 aromatic heterocycles. The maximum absolute atomic E-state index is 12.7. The van der Waals surface area contributed by atoms with Crippen LogP contribution in [-0.2, 0) is 25.7 Å². The largest absolute Gasteiger partial charge is 0.506 e. The molecule has 4 aromatic carbocycles. The third-order valence-corrected chi connectivity index (χ3v) is 9.80. The molecule has 348 valence electrons. The Hall–Kier alpha value is -6.68. The summed E-state index contributed by atoms with van der Waals surface area (Å²) in [6, 6.07) is 28.8. The summed E-state index contributed by atoms with van der Waals surface area (Å²) in [4.78, 5) is 59.7. The number of carbonyl (C=O) groups is 4. The van der Waals surface area contributed by atoms with Gasteiger partial charge in [-0.15, -0.1) is 0 Å². The quantitative estimate of drug-likeness (QED) is 0.0563. The van der Waals surface area contributed by atoms with Gasteiger partial charge >= 0.3 is 30.4 Å². The zero-order valence-corrected chi connectivity index (χ0v) is 34.6. The number of likely N-dealkylation sites (tertiary alicyclic amines) is 1. The number of carboxylic acid groups (broad SMARTS) is 2. The van der Waals surface area contributed by atoms with E-state index in [1.54, 1.807) is 24.3 Å². The van der Waals surface area contributed by atoms with Crippen molar-refractivity contribution in [2.45, 2.75) is 50.4 Å². The molecule has 1 saturated heterocycles. The molecule has 8 N–H and O–H groups in total. The number of hydrogen-bond acceptors (Lipinski definition) is 10. The highest BCUT2D eigenvalue weighted by Gasteiger charge is 2.39. The van der Waals surface area contributed by atoms with E-state index in [0.717, 1.165) is 29.8 Å². The molecule has 0 bridgehead atoms. The summed E-state index contributed by atoms with van der Waals surface area (Å²) in [5, 5.41) is 45.2. The van der Waals surface area contributed by atoms with Crippen molar-refractivity contribution >= 4 is 57.8 Å². The summed E-state index contributed by atoms with van der Waals surface area (Å²) < 4.78 is 69.2. The number of ether oxygens (including phenoxy) is 1. The molecule has 0 unspecified atom stereocenters. The molecule has 1 fully saturated rings. The second-order valence-electron chi connectivity index (χ2n) is 14.1. The maximum atomic E-state index is 12.7. The number of carboxylic acids is 2. The summed E-state index contributed by atoms with van der Waals surface area (Å²) in [6.07, 6.45) is -10.1. The summed E-state index contributed by atoms with van der Waals surface area (Å²) >= 11 is 6.52. The van der Waals surface area contributed by atoms with Crippen molar-refractivity contribution in [3.05, 3.63) is 124 Å². The fourth-order valence-electron chi connectivity index (χ4n) is 6.26. The summed E-state index contributed by atoms with van der Waals surface area (Å²) in [6.45, 7) is 2.60. The van der Waals surface area contributed by atoms with Gasteiger partial charge in [0.15, 0.2) is 0 Å². The Kier molecular flexibility index (Phi) is 18.3. The number of aromatic nitrogens is 1. The molecule has 0 spiro atoms. The van der Waals surface area contributed by atoms with Gasteiger partial charge in [0.1, 0.15) is 11.9 Å². The van der Waals surface area contributed by atoms with Crippen LogP contribution in [0, 0.1) is 0 Å². The van der Waals surface area contributed by atoms with Gasteiger partial charge in [-0.1, -0.05) is 72.3 Å². The Morgan fingerprint density at radius 1 is 0.831 bits per heavy atom. The van der Waals surface area contributed by atoms with Crippen LogP contribution in [0.1, 0.15) is 36.5 Å². The molecule has 5 aromatic rings. The zero-order chi connectivity index (χ0) is 47.9. The van der Waals surface area contributed by atoms with Crippen molar-refractivity contribution in [2.24, 2.45) is 0 Å². The fraction of sp³-hybridized carbons (Fsp3) is 0.279. The average Bonchev–Trinajstić information content (AvgIpc) is 3.24. The maximum Gasteiger partial charge on any atom is 0.490 e. The highest BCUT2D eigenvalue weighted by molar-refractivity contribution is 6.31. The van der Waals surface area contributed by atoms with E-state index in [9.17, 15) is 50.9 Å². The van der Waals surface area contributed by atoms with Crippen LogP contribution in [-0.4, -0.2) is 98.9 Å². The van der Waals surface area contributed by atoms with Crippen molar-refractivity contribution in [3.63, 3.8) is 0 Å². The summed E-state index contributed by atoms with van der Waals surface area (Å²) in [5.41, 5.74) is 4.51. The molecule has 2 amide bonds. The van der Waals surface area contributed by atoms with Gasteiger partial charge in [-0.3, -0.25) is 14.9 Å². The number of rotatable bonds is 12. The lowest BCUT2D eigenvalue weighted by molar-refractivity contribution is -0.193. The van der Waals surface area contributed by atoms with Crippen LogP contribution in [0.25, 0.3) is 22.0 Å². The van der Waals surface area contributed by atoms with Crippen LogP contribution in [0.4, 0.5) is 42.5 Å². The number of aliphatic hydroxyl groups excluding tert-OH is 1. The van der Waals surface area contributed by atoms with Crippen LogP contribution in [0.5, 0.6) is 5.75 Å². The topological polar surface area (TPSA) is 231 Å². The first kappa shape index (κ1) is 51.0. The molecular weight excluding hydrogens is 896 g/mol. The second kappa shape index (κ2) is 23.3. The number of fused-ring (bicyclic) bond motifs is 1. The monoisotopic (exact) mass is 937 g/mol. The highest BCUT2D eigenvalue weighted by atomic mass is 35.5. The first-order chi connectivity index (χ1) is 30.6. The number of H-pyrrole nitrogens is 1. The number of pyridine rings is 1. The third-order valence-electron chi connectivity index (χ3n) is 9.45. The Balaban J connectivity index is 0.000000572. The molecule has 2 heterocycles. The molecule has 0 aliphatic carbocycles. The SMILES string of the molecule is O=C(CCN1CCC(OC(=O)Nc2ccccc2-c2ccccc2)CC1)Nc1ccc(CNC[C@H](O)c2ccc(O)c3[nH]c(=O)ccc23)c(Cl)c1.O=C(O)C(F)(F)F.O=C(O)C(F)(F)F. The minimum atomic E-state index is -5.08. The number of phenolic OH excluding ortho intramolecular Hbond substituents is 1. The number of hydrogen-bond donors (Lipinski definition) is 8. The van der Waals surface area contributed by atoms with Crippen LogP contribution in [0.15, 0.2) is 102 Å². The lowest BCUT2D eigenvalue weighted by Crippen LogP contribution is -2.39. The number of piperidine rings is 1. The Morgan fingerprint density at radius 2 is 1.45 bits per heavy atom. The molecule has 6 rings (SSSR count). The number of benzene rings is 4. The smallest absolute Gasteiger partial charge is 0.490 e. The molecular formula is C43H42ClF6N5O10. The van der Waals surface area contributed by atoms with Crippen molar-refractivity contribution in [1.29, 1.82) is 0 Å². The van der Waals surface area contributed by atoms with Gasteiger partial charge in [-0.05, 0) is 59.9 Å². The normalized spacial score (nSPS) is 13.6. The van der Waals surface area contributed by atoms with E-state index in [4.69, 9.17) is 36.1 Å². The molecule has 15 nitrogen and oxygen atoms in total. The number of aliphatic hydroxyl groups is 1. The second-order valence-corrected chi connectivity index (χ2v) is 14.5. The molecule has 1 aliphatic heterocycles. The number of aromatic amines is 1. The fourth-order valence-corrected chi connectivity index (χ4v) is 6.51. The number of para-hydroxylation sites is 1. The van der Waals surface area contributed by atoms with E-state index < -0.39 is 36.5 Å². The predicted octanol–water partition coefficient (Wildman–Crippen LogP) is 7.69. The predicted molar refractivity (Wildman–Crippen MR) is 226 cm³/mol. The number of nitrogens with zero attached hydrogens (tertiary/aromatic N) is 1. The van der Waals surface area contributed by atoms with E-state index in [1.165, 1.54) is 12.1 Å². The lowest BCUT2D eigenvalue weighted by Gasteiger charge is -2.31. The van der Waals surface area contributed by atoms with Crippen LogP contribution >= 0.6 is 11.6 Å². The lowest BCUT2D eigenvalue weighted by atomic mass is 10.0. The average molecular weight is 938 g/mol. The Morgan fingerprint density at radius 3 is 2.06 bits per heavy atom. The number of anilines is 2. The van der Waals surface area contributed by atoms with E-state index in [2.05, 4.69) is 25.8 Å². The molecule has 22 heteroatoms. The van der Waals surface area contributed by atoms with Crippen LogP contribution in [0.3, 0.4) is 0 Å². The van der Waals surface area contributed by atoms with Crippen molar-refractivity contribution < 1.29 is 70.7 Å². The Labute approximate surface area is 370 Å². The number of aromatic hydroxyl groups is 1. The molecule has 0 saturated carbocycles. The van der Waals surface area contributed by atoms with Crippen LogP contribution < -0.4 is 21.5 Å². The summed E-state index contributed by atoms with van der Waals surface area (Å²) in [7, 11) is 0. The first-order valence-corrected chi connectivity index (χ1v) is 19.8. The van der Waals surface area contributed by atoms with Crippen LogP contribution in [0.2, 0.25) is 5.02 Å². The van der Waals surface area contributed by atoms with Gasteiger partial charge < -0.3 is 45.7 Å². The minimum absolute atomic E-state index is 0.0685. The van der Waals surface area contributed by atoms with Gasteiger partial charge in [-0.25, -0.2) is 14.4 Å². The number of nitrogens with one attached hydrogen (secondary N) is 4. The third kappa shape index (κ3) is 16.1. The minimum Gasteiger partial charge on any atom is -0.506 e. The standard InChI is InChI=1S/C39H40ClN5O6.2C2HF3O2/c40-32-22-27(11-10-26(32)23-41-24-35(47)30-12-14-34(46)38-31(30)13-15-36(48)44-38)42-37(49)18-21-45-19-16-28(17-20-45)51-39(50)43-33-9-5-4-8-29(33)25-6-2-1-3-7-25;2*3-2(4,5)1(6)7/h1-15,22,28,35,41,46-47H,16-21,23-24H2,(H,42,49)(H,43,50)(H,44,48);2*(H,6,7)/t35-;;/m0../s1. The number of carbonyl (C=O) groups excluding carboxylic acids is 2. The van der Waals surface area contributed by atoms with Gasteiger partial charge in [0, 0.05) is 66.9 Å². The zero-order valence-electron chi connectivity index (χ0n) is 33.9. The number of phenols is 1. The van der Waals surface area contributed by atoms with E-state index in [-0.39, 0.29) is 35.4 Å². The molecule has 0 radical (unpaired) electrons. The van der Waals surface area contributed by atoms with E-state index >= 15 is 0 Å².